The average molecular weight is 517 g/mol. The summed E-state index contributed by atoms with van der Waals surface area (Å²) >= 11 is 0. The highest BCUT2D eigenvalue weighted by molar-refractivity contribution is 5.86. The Hall–Kier alpha value is -0.990. The fraction of sp³-hybridized carbons (Fsp3) is 0.897. The van der Waals surface area contributed by atoms with Gasteiger partial charge in [-0.15, -0.1) is 0 Å². The summed E-state index contributed by atoms with van der Waals surface area (Å²) in [6.07, 6.45) is 17.8. The van der Waals surface area contributed by atoms with Crippen LogP contribution in [0.15, 0.2) is 12.2 Å². The lowest BCUT2D eigenvalue weighted by Crippen LogP contribution is -2.15. The molecule has 0 atom stereocenters. The van der Waals surface area contributed by atoms with E-state index in [-0.39, 0.29) is 6.61 Å². The Morgan fingerprint density at radius 1 is 0.472 bits per heavy atom. The van der Waals surface area contributed by atoms with Crippen LogP contribution >= 0.6 is 0 Å². The standard InChI is InChI=1S/C29H56O7/c1-4-5-6-7-8-9-10-11-12-13-14-15-16-17-31-18-19-32-20-21-33-22-23-34-24-25-35-26-27-36-29(30)28(2)3/h2,4-27H2,1,3H3. The van der Waals surface area contributed by atoms with Gasteiger partial charge in [0.1, 0.15) is 6.61 Å². The molecule has 36 heavy (non-hydrogen) atoms. The minimum absolute atomic E-state index is 0.222. The van der Waals surface area contributed by atoms with Gasteiger partial charge in [-0.1, -0.05) is 90.6 Å². The van der Waals surface area contributed by atoms with Crippen LogP contribution in [0.1, 0.15) is 97.3 Å². The van der Waals surface area contributed by atoms with Crippen LogP contribution in [0.2, 0.25) is 0 Å². The lowest BCUT2D eigenvalue weighted by atomic mass is 10.0. The summed E-state index contributed by atoms with van der Waals surface area (Å²) in [4.78, 5) is 11.2. The minimum atomic E-state index is -0.395. The Bertz CT molecular complexity index is 471. The second-order valence-electron chi connectivity index (χ2n) is 9.22. The summed E-state index contributed by atoms with van der Waals surface area (Å²) in [6, 6.07) is 0. The quantitative estimate of drug-likeness (QED) is 0.0632. The van der Waals surface area contributed by atoms with E-state index >= 15 is 0 Å². The molecule has 0 aliphatic heterocycles. The van der Waals surface area contributed by atoms with E-state index in [4.69, 9.17) is 28.4 Å². The average Bonchev–Trinajstić information content (AvgIpc) is 2.87. The summed E-state index contributed by atoms with van der Waals surface area (Å²) in [6.45, 7) is 13.1. The number of unbranched alkanes of at least 4 members (excludes halogenated alkanes) is 12. The van der Waals surface area contributed by atoms with Gasteiger partial charge in [-0.25, -0.2) is 4.79 Å². The molecular weight excluding hydrogens is 460 g/mol. The van der Waals surface area contributed by atoms with Crippen LogP contribution in [0.5, 0.6) is 0 Å². The maximum atomic E-state index is 11.2. The van der Waals surface area contributed by atoms with Crippen molar-refractivity contribution in [3.63, 3.8) is 0 Å². The first-order chi connectivity index (χ1) is 17.7. The minimum Gasteiger partial charge on any atom is -0.460 e. The summed E-state index contributed by atoms with van der Waals surface area (Å²) in [5, 5.41) is 0. The molecule has 7 heteroatoms. The normalized spacial score (nSPS) is 11.2. The number of hydrogen-bond donors (Lipinski definition) is 0. The van der Waals surface area contributed by atoms with Crippen molar-refractivity contribution in [2.24, 2.45) is 0 Å². The van der Waals surface area contributed by atoms with Crippen molar-refractivity contribution < 1.29 is 33.2 Å². The number of carbonyl (C=O) groups excluding carboxylic acids is 1. The van der Waals surface area contributed by atoms with Crippen LogP contribution in [0.25, 0.3) is 0 Å². The van der Waals surface area contributed by atoms with Crippen LogP contribution in [-0.4, -0.2) is 78.6 Å². The molecule has 7 nitrogen and oxygen atoms in total. The second kappa shape index (κ2) is 30.2. The number of ether oxygens (including phenoxy) is 6. The van der Waals surface area contributed by atoms with E-state index in [2.05, 4.69) is 13.5 Å². The van der Waals surface area contributed by atoms with E-state index in [0.717, 1.165) is 13.0 Å². The van der Waals surface area contributed by atoms with E-state index in [1.807, 2.05) is 0 Å². The highest BCUT2D eigenvalue weighted by Gasteiger charge is 2.01. The van der Waals surface area contributed by atoms with Crippen molar-refractivity contribution in [3.05, 3.63) is 12.2 Å². The Kier molecular flexibility index (Phi) is 29.4. The van der Waals surface area contributed by atoms with E-state index in [9.17, 15) is 4.79 Å². The molecule has 0 fully saturated rings. The van der Waals surface area contributed by atoms with Crippen molar-refractivity contribution in [2.75, 3.05) is 72.7 Å². The fourth-order valence-corrected chi connectivity index (χ4v) is 3.52. The molecule has 0 N–H and O–H groups in total. The number of rotatable bonds is 30. The highest BCUT2D eigenvalue weighted by Crippen LogP contribution is 2.12. The molecule has 0 saturated carbocycles. The predicted molar refractivity (Wildman–Crippen MR) is 146 cm³/mol. The van der Waals surface area contributed by atoms with Crippen molar-refractivity contribution in [3.8, 4) is 0 Å². The molecule has 0 amide bonds. The van der Waals surface area contributed by atoms with Gasteiger partial charge in [0.2, 0.25) is 0 Å². The molecule has 214 valence electrons. The van der Waals surface area contributed by atoms with Gasteiger partial charge in [0, 0.05) is 12.2 Å². The van der Waals surface area contributed by atoms with Crippen molar-refractivity contribution in [2.45, 2.75) is 97.3 Å². The molecular formula is C29H56O7. The van der Waals surface area contributed by atoms with E-state index in [0.29, 0.717) is 65.0 Å². The topological polar surface area (TPSA) is 72.5 Å². The Labute approximate surface area is 221 Å². The summed E-state index contributed by atoms with van der Waals surface area (Å²) in [5.74, 6) is -0.395. The number of hydrogen-bond acceptors (Lipinski definition) is 7. The SMILES string of the molecule is C=C(C)C(=O)OCCOCCOCCOCCOCCOCCCCCCCCCCCCCCC. The number of esters is 1. The Morgan fingerprint density at radius 2 is 0.778 bits per heavy atom. The van der Waals surface area contributed by atoms with Gasteiger partial charge < -0.3 is 28.4 Å². The molecule has 0 spiro atoms. The van der Waals surface area contributed by atoms with Crippen molar-refractivity contribution >= 4 is 5.97 Å². The van der Waals surface area contributed by atoms with Gasteiger partial charge in [-0.2, -0.15) is 0 Å². The molecule has 0 heterocycles. The van der Waals surface area contributed by atoms with Crippen molar-refractivity contribution in [1.29, 1.82) is 0 Å². The fourth-order valence-electron chi connectivity index (χ4n) is 3.52. The summed E-state index contributed by atoms with van der Waals surface area (Å²) in [5.41, 5.74) is 0.386. The largest absolute Gasteiger partial charge is 0.460 e. The molecule has 0 saturated heterocycles. The van der Waals surface area contributed by atoms with Gasteiger partial charge in [-0.3, -0.25) is 0 Å². The van der Waals surface area contributed by atoms with Crippen LogP contribution in [0.4, 0.5) is 0 Å². The lowest BCUT2D eigenvalue weighted by Gasteiger charge is -2.08. The van der Waals surface area contributed by atoms with E-state index < -0.39 is 5.97 Å². The summed E-state index contributed by atoms with van der Waals surface area (Å²) < 4.78 is 32.3. The Balaban J connectivity index is 3.05. The smallest absolute Gasteiger partial charge is 0.333 e. The predicted octanol–water partition coefficient (Wildman–Crippen LogP) is 6.28. The molecule has 0 aromatic heterocycles. The molecule has 0 aromatic rings. The monoisotopic (exact) mass is 516 g/mol. The first kappa shape index (κ1) is 35.0. The molecule has 0 aliphatic carbocycles. The van der Waals surface area contributed by atoms with Gasteiger partial charge >= 0.3 is 5.97 Å². The molecule has 0 aliphatic rings. The lowest BCUT2D eigenvalue weighted by molar-refractivity contribution is -0.140. The first-order valence-electron chi connectivity index (χ1n) is 14.4. The van der Waals surface area contributed by atoms with Crippen LogP contribution in [-0.2, 0) is 33.2 Å². The highest BCUT2D eigenvalue weighted by atomic mass is 16.6. The maximum absolute atomic E-state index is 11.2. The van der Waals surface area contributed by atoms with Crippen molar-refractivity contribution in [1.82, 2.24) is 0 Å². The van der Waals surface area contributed by atoms with Crippen LogP contribution in [0, 0.1) is 0 Å². The zero-order chi connectivity index (χ0) is 26.4. The molecule has 0 radical (unpaired) electrons. The second-order valence-corrected chi connectivity index (χ2v) is 9.22. The van der Waals surface area contributed by atoms with Gasteiger partial charge in [0.15, 0.2) is 0 Å². The zero-order valence-electron chi connectivity index (χ0n) is 23.5. The first-order valence-corrected chi connectivity index (χ1v) is 14.4. The molecule has 0 unspecified atom stereocenters. The third kappa shape index (κ3) is 29.2. The maximum Gasteiger partial charge on any atom is 0.333 e. The van der Waals surface area contributed by atoms with Crippen LogP contribution in [0.3, 0.4) is 0 Å². The van der Waals surface area contributed by atoms with Gasteiger partial charge in [0.25, 0.3) is 0 Å². The third-order valence-electron chi connectivity index (χ3n) is 5.69. The van der Waals surface area contributed by atoms with Crippen LogP contribution < -0.4 is 0 Å². The van der Waals surface area contributed by atoms with E-state index in [1.165, 1.54) is 77.0 Å². The van der Waals surface area contributed by atoms with E-state index in [1.54, 1.807) is 6.92 Å². The molecule has 0 aromatic carbocycles. The number of carbonyl (C=O) groups is 1. The Morgan fingerprint density at radius 3 is 1.14 bits per heavy atom. The van der Waals surface area contributed by atoms with Gasteiger partial charge in [0.05, 0.1) is 59.5 Å². The molecule has 0 rings (SSSR count). The third-order valence-corrected chi connectivity index (χ3v) is 5.69. The zero-order valence-corrected chi connectivity index (χ0v) is 23.5. The summed E-state index contributed by atoms with van der Waals surface area (Å²) in [7, 11) is 0. The van der Waals surface area contributed by atoms with Gasteiger partial charge in [-0.05, 0) is 13.3 Å². The molecule has 0 bridgehead atoms.